The summed E-state index contributed by atoms with van der Waals surface area (Å²) in [7, 11) is 3.98. The average Bonchev–Trinajstić information content (AvgIpc) is 2.54. The minimum Gasteiger partial charge on any atom is -0.340 e. The number of benzene rings is 2. The van der Waals surface area contributed by atoms with Crippen molar-refractivity contribution in [3.63, 3.8) is 0 Å². The zero-order valence-corrected chi connectivity index (χ0v) is 13.1. The smallest absolute Gasteiger partial charge is 0.145 e. The first-order valence-electron chi connectivity index (χ1n) is 7.33. The summed E-state index contributed by atoms with van der Waals surface area (Å²) in [5.41, 5.74) is 2.35. The standard InChI is InChI=1S/C18H17N5/c1-23(2)12-17-21-16-9-4-3-8-15(16)18(22-17)20-14-7-5-6-13(10-14)11-19/h3-10H,12H2,1-2H3,(H,20,21,22). The monoisotopic (exact) mass is 303 g/mol. The van der Waals surface area contributed by atoms with Gasteiger partial charge in [-0.15, -0.1) is 0 Å². The van der Waals surface area contributed by atoms with Crippen LogP contribution in [-0.4, -0.2) is 29.0 Å². The summed E-state index contributed by atoms with van der Waals surface area (Å²) < 4.78 is 0. The second-order valence-electron chi connectivity index (χ2n) is 5.56. The quantitative estimate of drug-likeness (QED) is 0.801. The molecule has 23 heavy (non-hydrogen) atoms. The van der Waals surface area contributed by atoms with E-state index in [1.807, 2.05) is 61.5 Å². The van der Waals surface area contributed by atoms with E-state index in [0.717, 1.165) is 28.2 Å². The third-order valence-corrected chi connectivity index (χ3v) is 3.36. The molecular weight excluding hydrogens is 286 g/mol. The summed E-state index contributed by atoms with van der Waals surface area (Å²) in [6.07, 6.45) is 0. The van der Waals surface area contributed by atoms with E-state index < -0.39 is 0 Å². The van der Waals surface area contributed by atoms with E-state index >= 15 is 0 Å². The molecule has 0 unspecified atom stereocenters. The van der Waals surface area contributed by atoms with E-state index in [4.69, 9.17) is 5.26 Å². The number of nitriles is 1. The predicted octanol–water partition coefficient (Wildman–Crippen LogP) is 3.31. The van der Waals surface area contributed by atoms with Gasteiger partial charge in [-0.05, 0) is 44.4 Å². The summed E-state index contributed by atoms with van der Waals surface area (Å²) in [4.78, 5) is 11.3. The number of nitrogens with one attached hydrogen (secondary N) is 1. The molecule has 0 aliphatic heterocycles. The van der Waals surface area contributed by atoms with Gasteiger partial charge in [-0.25, -0.2) is 9.97 Å². The molecule has 2 aromatic carbocycles. The van der Waals surface area contributed by atoms with Gasteiger partial charge in [0.2, 0.25) is 0 Å². The Morgan fingerprint density at radius 3 is 2.70 bits per heavy atom. The summed E-state index contributed by atoms with van der Waals surface area (Å²) >= 11 is 0. The van der Waals surface area contributed by atoms with Gasteiger partial charge in [-0.3, -0.25) is 0 Å². The fraction of sp³-hybridized carbons (Fsp3) is 0.167. The van der Waals surface area contributed by atoms with Crippen LogP contribution in [0.2, 0.25) is 0 Å². The molecule has 5 heteroatoms. The second kappa shape index (κ2) is 6.42. The molecule has 3 aromatic rings. The number of anilines is 2. The maximum Gasteiger partial charge on any atom is 0.145 e. The normalized spacial score (nSPS) is 10.7. The van der Waals surface area contributed by atoms with E-state index in [0.29, 0.717) is 12.1 Å². The van der Waals surface area contributed by atoms with Crippen LogP contribution in [0.4, 0.5) is 11.5 Å². The van der Waals surface area contributed by atoms with Crippen molar-refractivity contribution in [2.45, 2.75) is 6.54 Å². The van der Waals surface area contributed by atoms with Gasteiger partial charge >= 0.3 is 0 Å². The van der Waals surface area contributed by atoms with Crippen LogP contribution in [0.1, 0.15) is 11.4 Å². The van der Waals surface area contributed by atoms with Crippen LogP contribution < -0.4 is 5.32 Å². The lowest BCUT2D eigenvalue weighted by atomic mass is 10.2. The molecule has 0 amide bonds. The van der Waals surface area contributed by atoms with Crippen LogP contribution in [0.15, 0.2) is 48.5 Å². The molecule has 0 bridgehead atoms. The van der Waals surface area contributed by atoms with Crippen LogP contribution in [0.5, 0.6) is 0 Å². The minimum atomic E-state index is 0.613. The number of aromatic nitrogens is 2. The first kappa shape index (κ1) is 14.9. The van der Waals surface area contributed by atoms with Crippen molar-refractivity contribution >= 4 is 22.4 Å². The Kier molecular flexibility index (Phi) is 4.18. The van der Waals surface area contributed by atoms with Crippen molar-refractivity contribution in [3.8, 4) is 6.07 Å². The lowest BCUT2D eigenvalue weighted by Crippen LogP contribution is -2.14. The van der Waals surface area contributed by atoms with E-state index in [-0.39, 0.29) is 0 Å². The maximum atomic E-state index is 9.03. The van der Waals surface area contributed by atoms with Gasteiger partial charge in [-0.1, -0.05) is 18.2 Å². The van der Waals surface area contributed by atoms with E-state index in [1.165, 1.54) is 0 Å². The van der Waals surface area contributed by atoms with Crippen molar-refractivity contribution in [1.82, 2.24) is 14.9 Å². The molecule has 0 aliphatic carbocycles. The van der Waals surface area contributed by atoms with E-state index in [9.17, 15) is 0 Å². The van der Waals surface area contributed by atoms with Gasteiger partial charge in [0.1, 0.15) is 11.6 Å². The second-order valence-corrected chi connectivity index (χ2v) is 5.56. The van der Waals surface area contributed by atoms with Crippen LogP contribution in [-0.2, 0) is 6.54 Å². The SMILES string of the molecule is CN(C)Cc1nc(Nc2cccc(C#N)c2)c2ccccc2n1. The highest BCUT2D eigenvalue weighted by Gasteiger charge is 2.09. The minimum absolute atomic E-state index is 0.613. The molecule has 0 spiro atoms. The van der Waals surface area contributed by atoms with Gasteiger partial charge in [0.05, 0.1) is 23.7 Å². The van der Waals surface area contributed by atoms with Crippen LogP contribution in [0.25, 0.3) is 10.9 Å². The first-order valence-corrected chi connectivity index (χ1v) is 7.33. The number of rotatable bonds is 4. The number of hydrogen-bond acceptors (Lipinski definition) is 5. The molecule has 5 nitrogen and oxygen atoms in total. The average molecular weight is 303 g/mol. The topological polar surface area (TPSA) is 64.8 Å². The molecule has 0 radical (unpaired) electrons. The Bertz CT molecular complexity index is 880. The number of fused-ring (bicyclic) bond motifs is 1. The van der Waals surface area contributed by atoms with Gasteiger partial charge in [-0.2, -0.15) is 5.26 Å². The molecule has 1 aromatic heterocycles. The van der Waals surface area contributed by atoms with E-state index in [2.05, 4.69) is 21.4 Å². The van der Waals surface area contributed by atoms with Crippen LogP contribution in [0, 0.1) is 11.3 Å². The van der Waals surface area contributed by atoms with Crippen molar-refractivity contribution in [2.24, 2.45) is 0 Å². The third kappa shape index (κ3) is 3.44. The molecule has 114 valence electrons. The molecule has 1 N–H and O–H groups in total. The molecule has 0 fully saturated rings. The van der Waals surface area contributed by atoms with Crippen LogP contribution in [0.3, 0.4) is 0 Å². The number of nitrogens with zero attached hydrogens (tertiary/aromatic N) is 4. The number of para-hydroxylation sites is 1. The van der Waals surface area contributed by atoms with Crippen molar-refractivity contribution < 1.29 is 0 Å². The zero-order chi connectivity index (χ0) is 16.2. The number of hydrogen-bond donors (Lipinski definition) is 1. The van der Waals surface area contributed by atoms with Crippen molar-refractivity contribution in [3.05, 3.63) is 59.9 Å². The summed E-state index contributed by atoms with van der Waals surface area (Å²) in [5.74, 6) is 1.51. The summed E-state index contributed by atoms with van der Waals surface area (Å²) in [5, 5.41) is 13.3. The van der Waals surface area contributed by atoms with Gasteiger partial charge in [0.15, 0.2) is 0 Å². The Hall–Kier alpha value is -2.97. The fourth-order valence-corrected chi connectivity index (χ4v) is 2.38. The largest absolute Gasteiger partial charge is 0.340 e. The lowest BCUT2D eigenvalue weighted by Gasteiger charge is -2.13. The highest BCUT2D eigenvalue weighted by Crippen LogP contribution is 2.24. The van der Waals surface area contributed by atoms with E-state index in [1.54, 1.807) is 6.07 Å². The zero-order valence-electron chi connectivity index (χ0n) is 13.1. The fourth-order valence-electron chi connectivity index (χ4n) is 2.38. The predicted molar refractivity (Wildman–Crippen MR) is 91.4 cm³/mol. The van der Waals surface area contributed by atoms with Crippen molar-refractivity contribution in [1.29, 1.82) is 5.26 Å². The highest BCUT2D eigenvalue weighted by molar-refractivity contribution is 5.90. The molecular formula is C18H17N5. The third-order valence-electron chi connectivity index (χ3n) is 3.36. The molecule has 0 saturated carbocycles. The molecule has 1 heterocycles. The van der Waals surface area contributed by atoms with Gasteiger partial charge in [0.25, 0.3) is 0 Å². The summed E-state index contributed by atoms with van der Waals surface area (Å²) in [6.45, 7) is 0.664. The lowest BCUT2D eigenvalue weighted by molar-refractivity contribution is 0.391. The summed E-state index contributed by atoms with van der Waals surface area (Å²) in [6, 6.07) is 17.4. The molecule has 0 aliphatic rings. The maximum absolute atomic E-state index is 9.03. The Morgan fingerprint density at radius 2 is 1.91 bits per heavy atom. The van der Waals surface area contributed by atoms with Gasteiger partial charge in [0, 0.05) is 11.1 Å². The molecule has 3 rings (SSSR count). The Labute approximate surface area is 135 Å². The Balaban J connectivity index is 2.05. The molecule has 0 saturated heterocycles. The Morgan fingerprint density at radius 1 is 1.09 bits per heavy atom. The highest BCUT2D eigenvalue weighted by atomic mass is 15.1. The van der Waals surface area contributed by atoms with Gasteiger partial charge < -0.3 is 10.2 Å². The first-order chi connectivity index (χ1) is 11.2. The van der Waals surface area contributed by atoms with Crippen LogP contribution >= 0.6 is 0 Å². The molecule has 0 atom stereocenters. The van der Waals surface area contributed by atoms with Crippen molar-refractivity contribution in [2.75, 3.05) is 19.4 Å².